The van der Waals surface area contributed by atoms with Gasteiger partial charge in [0.2, 0.25) is 0 Å². The van der Waals surface area contributed by atoms with Crippen LogP contribution >= 0.6 is 11.6 Å². The van der Waals surface area contributed by atoms with Crippen molar-refractivity contribution in [3.63, 3.8) is 0 Å². The highest BCUT2D eigenvalue weighted by molar-refractivity contribution is 6.30. The number of nitrogens with zero attached hydrogens (tertiary/aromatic N) is 2. The summed E-state index contributed by atoms with van der Waals surface area (Å²) in [6, 6.07) is 7.71. The number of aromatic nitrogens is 2. The van der Waals surface area contributed by atoms with Crippen LogP contribution in [0.3, 0.4) is 0 Å². The zero-order valence-corrected chi connectivity index (χ0v) is 12.3. The predicted octanol–water partition coefficient (Wildman–Crippen LogP) is 3.93. The lowest BCUT2D eigenvalue weighted by Crippen LogP contribution is -2.08. The third-order valence-corrected chi connectivity index (χ3v) is 2.94. The van der Waals surface area contributed by atoms with Crippen molar-refractivity contribution in [2.24, 2.45) is 5.92 Å². The van der Waals surface area contributed by atoms with Gasteiger partial charge in [-0.05, 0) is 37.1 Å². The topological polar surface area (TPSA) is 27.1 Å². The second kappa shape index (κ2) is 6.11. The maximum absolute atomic E-state index is 6.07. The molecule has 102 valence electrons. The lowest BCUT2D eigenvalue weighted by molar-refractivity contribution is 0.268. The molecule has 0 aliphatic rings. The lowest BCUT2D eigenvalue weighted by atomic mass is 10.2. The maximum Gasteiger partial charge on any atom is 0.124 e. The van der Waals surface area contributed by atoms with E-state index in [-0.39, 0.29) is 0 Å². The fourth-order valence-corrected chi connectivity index (χ4v) is 1.99. The first-order valence-electron chi connectivity index (χ1n) is 6.46. The molecular formula is C15H19ClN2O. The highest BCUT2D eigenvalue weighted by atomic mass is 35.5. The molecule has 0 fully saturated rings. The standard InChI is InChI=1S/C15H19ClN2O/c1-11(2)10-19-15-5-4-14(16)8-13(15)9-18-7-6-12(3)17-18/h4-8,11H,9-10H2,1-3H3. The second-order valence-corrected chi connectivity index (χ2v) is 5.55. The predicted molar refractivity (Wildman–Crippen MR) is 77.9 cm³/mol. The van der Waals surface area contributed by atoms with Crippen molar-refractivity contribution in [1.82, 2.24) is 9.78 Å². The number of halogens is 1. The molecule has 0 unspecified atom stereocenters. The van der Waals surface area contributed by atoms with E-state index in [0.29, 0.717) is 19.1 Å². The summed E-state index contributed by atoms with van der Waals surface area (Å²) >= 11 is 6.07. The third-order valence-electron chi connectivity index (χ3n) is 2.70. The molecule has 0 radical (unpaired) electrons. The molecule has 0 bridgehead atoms. The van der Waals surface area contributed by atoms with Crippen molar-refractivity contribution in [3.05, 3.63) is 46.7 Å². The van der Waals surface area contributed by atoms with Gasteiger partial charge in [-0.15, -0.1) is 0 Å². The van der Waals surface area contributed by atoms with Gasteiger partial charge in [0.05, 0.1) is 18.8 Å². The van der Waals surface area contributed by atoms with Crippen LogP contribution in [0.4, 0.5) is 0 Å². The number of benzene rings is 1. The first-order chi connectivity index (χ1) is 9.04. The Labute approximate surface area is 119 Å². The van der Waals surface area contributed by atoms with E-state index in [2.05, 4.69) is 18.9 Å². The number of aryl methyl sites for hydroxylation is 1. The summed E-state index contributed by atoms with van der Waals surface area (Å²) in [5.74, 6) is 1.38. The molecule has 1 aromatic carbocycles. The molecule has 0 aliphatic heterocycles. The summed E-state index contributed by atoms with van der Waals surface area (Å²) in [5, 5.41) is 5.11. The minimum Gasteiger partial charge on any atom is -0.493 e. The van der Waals surface area contributed by atoms with Crippen LogP contribution in [-0.4, -0.2) is 16.4 Å². The van der Waals surface area contributed by atoms with Crippen molar-refractivity contribution in [2.75, 3.05) is 6.61 Å². The fourth-order valence-electron chi connectivity index (χ4n) is 1.79. The molecule has 2 aromatic rings. The quantitative estimate of drug-likeness (QED) is 0.829. The highest BCUT2D eigenvalue weighted by Gasteiger charge is 2.07. The Kier molecular flexibility index (Phi) is 4.48. The first kappa shape index (κ1) is 13.9. The highest BCUT2D eigenvalue weighted by Crippen LogP contribution is 2.24. The van der Waals surface area contributed by atoms with Gasteiger partial charge in [-0.3, -0.25) is 4.68 Å². The molecule has 0 spiro atoms. The van der Waals surface area contributed by atoms with Gasteiger partial charge in [-0.1, -0.05) is 25.4 Å². The smallest absolute Gasteiger partial charge is 0.124 e. The molecule has 4 heteroatoms. The second-order valence-electron chi connectivity index (χ2n) is 5.11. The molecule has 19 heavy (non-hydrogen) atoms. The molecule has 0 saturated carbocycles. The SMILES string of the molecule is Cc1ccn(Cc2cc(Cl)ccc2OCC(C)C)n1. The first-order valence-corrected chi connectivity index (χ1v) is 6.83. The van der Waals surface area contributed by atoms with Gasteiger partial charge in [0.15, 0.2) is 0 Å². The lowest BCUT2D eigenvalue weighted by Gasteiger charge is -2.13. The number of rotatable bonds is 5. The van der Waals surface area contributed by atoms with Crippen molar-refractivity contribution < 1.29 is 4.74 Å². The number of hydrogen-bond donors (Lipinski definition) is 0. The van der Waals surface area contributed by atoms with Gasteiger partial charge in [0.1, 0.15) is 5.75 Å². The van der Waals surface area contributed by atoms with Crippen molar-refractivity contribution in [2.45, 2.75) is 27.3 Å². The van der Waals surface area contributed by atoms with E-state index in [9.17, 15) is 0 Å². The van der Waals surface area contributed by atoms with Crippen LogP contribution in [0.15, 0.2) is 30.5 Å². The Balaban J connectivity index is 2.19. The summed E-state index contributed by atoms with van der Waals surface area (Å²) in [6.07, 6.45) is 1.96. The van der Waals surface area contributed by atoms with E-state index in [1.807, 2.05) is 42.1 Å². The van der Waals surface area contributed by atoms with E-state index in [0.717, 1.165) is 22.0 Å². The zero-order chi connectivity index (χ0) is 13.8. The molecule has 1 aromatic heterocycles. The van der Waals surface area contributed by atoms with Crippen molar-refractivity contribution in [3.8, 4) is 5.75 Å². The summed E-state index contributed by atoms with van der Waals surface area (Å²) < 4.78 is 7.72. The minimum absolute atomic E-state index is 0.496. The Morgan fingerprint density at radius 1 is 1.32 bits per heavy atom. The molecule has 1 heterocycles. The molecule has 0 atom stereocenters. The summed E-state index contributed by atoms with van der Waals surface area (Å²) in [4.78, 5) is 0. The van der Waals surface area contributed by atoms with Crippen LogP contribution in [0.5, 0.6) is 5.75 Å². The normalized spacial score (nSPS) is 11.0. The van der Waals surface area contributed by atoms with Gasteiger partial charge in [-0.25, -0.2) is 0 Å². The Morgan fingerprint density at radius 3 is 2.74 bits per heavy atom. The molecule has 2 rings (SSSR count). The number of hydrogen-bond acceptors (Lipinski definition) is 2. The third kappa shape index (κ3) is 4.00. The van der Waals surface area contributed by atoms with Crippen molar-refractivity contribution >= 4 is 11.6 Å². The van der Waals surface area contributed by atoms with Crippen molar-refractivity contribution in [1.29, 1.82) is 0 Å². The Hall–Kier alpha value is -1.48. The van der Waals surface area contributed by atoms with Gasteiger partial charge in [0, 0.05) is 16.8 Å². The molecular weight excluding hydrogens is 260 g/mol. The van der Waals surface area contributed by atoms with Gasteiger partial charge < -0.3 is 4.74 Å². The molecule has 3 nitrogen and oxygen atoms in total. The summed E-state index contributed by atoms with van der Waals surface area (Å²) in [7, 11) is 0. The van der Waals surface area contributed by atoms with Gasteiger partial charge in [0.25, 0.3) is 0 Å². The fraction of sp³-hybridized carbons (Fsp3) is 0.400. The maximum atomic E-state index is 6.07. The van der Waals surface area contributed by atoms with Crippen LogP contribution in [0, 0.1) is 12.8 Å². The van der Waals surface area contributed by atoms with Crippen LogP contribution < -0.4 is 4.74 Å². The van der Waals surface area contributed by atoms with E-state index in [1.165, 1.54) is 0 Å². The average Bonchev–Trinajstić information content (AvgIpc) is 2.73. The van der Waals surface area contributed by atoms with Crippen LogP contribution in [-0.2, 0) is 6.54 Å². The van der Waals surface area contributed by atoms with E-state index < -0.39 is 0 Å². The molecule has 0 saturated heterocycles. The molecule has 0 aliphatic carbocycles. The van der Waals surface area contributed by atoms with Crippen LogP contribution in [0.2, 0.25) is 5.02 Å². The average molecular weight is 279 g/mol. The van der Waals surface area contributed by atoms with E-state index in [1.54, 1.807) is 0 Å². The molecule has 0 N–H and O–H groups in total. The monoisotopic (exact) mass is 278 g/mol. The van der Waals surface area contributed by atoms with E-state index in [4.69, 9.17) is 16.3 Å². The summed E-state index contributed by atoms with van der Waals surface area (Å²) in [6.45, 7) is 7.61. The van der Waals surface area contributed by atoms with Gasteiger partial charge >= 0.3 is 0 Å². The van der Waals surface area contributed by atoms with Crippen LogP contribution in [0.1, 0.15) is 25.1 Å². The van der Waals surface area contributed by atoms with Gasteiger partial charge in [-0.2, -0.15) is 5.10 Å². The molecule has 0 amide bonds. The Bertz CT molecular complexity index is 549. The summed E-state index contributed by atoms with van der Waals surface area (Å²) in [5.41, 5.74) is 2.06. The minimum atomic E-state index is 0.496. The Morgan fingerprint density at radius 2 is 2.11 bits per heavy atom. The largest absolute Gasteiger partial charge is 0.493 e. The van der Waals surface area contributed by atoms with Crippen LogP contribution in [0.25, 0.3) is 0 Å². The number of ether oxygens (including phenoxy) is 1. The van der Waals surface area contributed by atoms with E-state index >= 15 is 0 Å². The zero-order valence-electron chi connectivity index (χ0n) is 11.6.